The molecule has 4 rings (SSSR count). The number of hydrogen-bond donors (Lipinski definition) is 1. The summed E-state index contributed by atoms with van der Waals surface area (Å²) < 4.78 is 46.0. The van der Waals surface area contributed by atoms with Gasteiger partial charge in [-0.2, -0.15) is 4.31 Å². The smallest absolute Gasteiger partial charge is 0.251 e. The molecule has 2 fully saturated rings. The van der Waals surface area contributed by atoms with Crippen LogP contribution < -0.4 is 10.1 Å². The van der Waals surface area contributed by atoms with Gasteiger partial charge in [0.2, 0.25) is 10.0 Å². The molecule has 0 unspecified atom stereocenters. The van der Waals surface area contributed by atoms with Crippen molar-refractivity contribution in [3.05, 3.63) is 59.4 Å². The van der Waals surface area contributed by atoms with Crippen molar-refractivity contribution in [2.75, 3.05) is 33.3 Å². The maximum absolute atomic E-state index is 13.9. The Bertz CT molecular complexity index is 1090. The van der Waals surface area contributed by atoms with E-state index in [-0.39, 0.29) is 28.4 Å². The molecule has 33 heavy (non-hydrogen) atoms. The number of ether oxygens (including phenoxy) is 1. The van der Waals surface area contributed by atoms with Crippen LogP contribution in [0.5, 0.6) is 5.75 Å². The van der Waals surface area contributed by atoms with Gasteiger partial charge >= 0.3 is 0 Å². The van der Waals surface area contributed by atoms with Gasteiger partial charge in [-0.05, 0) is 61.6 Å². The normalized spacial score (nSPS) is 18.4. The number of piperidine rings is 1. The quantitative estimate of drug-likeness (QED) is 0.666. The Morgan fingerprint density at radius 3 is 2.48 bits per heavy atom. The number of carbonyl (C=O) groups is 1. The fourth-order valence-electron chi connectivity index (χ4n) is 4.45. The van der Waals surface area contributed by atoms with Crippen molar-refractivity contribution in [2.24, 2.45) is 0 Å². The highest BCUT2D eigenvalue weighted by atomic mass is 32.2. The van der Waals surface area contributed by atoms with Crippen LogP contribution >= 0.6 is 0 Å². The molecule has 178 valence electrons. The van der Waals surface area contributed by atoms with E-state index in [4.69, 9.17) is 4.74 Å². The molecule has 0 atom stereocenters. The van der Waals surface area contributed by atoms with Crippen LogP contribution in [0, 0.1) is 5.82 Å². The monoisotopic (exact) mass is 475 g/mol. The Morgan fingerprint density at radius 1 is 1.09 bits per heavy atom. The second kappa shape index (κ2) is 10.2. The van der Waals surface area contributed by atoms with Crippen LogP contribution in [0.3, 0.4) is 0 Å². The van der Waals surface area contributed by atoms with Gasteiger partial charge in [-0.25, -0.2) is 12.8 Å². The predicted molar refractivity (Wildman–Crippen MR) is 123 cm³/mol. The third-order valence-corrected chi connectivity index (χ3v) is 8.24. The van der Waals surface area contributed by atoms with E-state index in [1.165, 1.54) is 23.5 Å². The highest BCUT2D eigenvalue weighted by molar-refractivity contribution is 7.89. The standard InChI is InChI=1S/C24H30FN3O4S/c1-32-23-8-7-18(15-22(23)25)17-27-13-9-20(10-14-27)26-24(29)19-5-4-6-21(16-19)33(30,31)28-11-2-3-12-28/h4-8,15-16,20H,2-3,9-14,17H2,1H3,(H,26,29). The van der Waals surface area contributed by atoms with Gasteiger partial charge in [0, 0.05) is 44.3 Å². The highest BCUT2D eigenvalue weighted by Crippen LogP contribution is 2.23. The molecule has 0 saturated carbocycles. The van der Waals surface area contributed by atoms with Gasteiger partial charge in [-0.1, -0.05) is 12.1 Å². The largest absolute Gasteiger partial charge is 0.494 e. The number of nitrogens with zero attached hydrogens (tertiary/aromatic N) is 2. The molecule has 1 amide bonds. The average molecular weight is 476 g/mol. The van der Waals surface area contributed by atoms with Crippen molar-refractivity contribution in [3.63, 3.8) is 0 Å². The Balaban J connectivity index is 1.32. The van der Waals surface area contributed by atoms with Crippen LogP contribution in [0.4, 0.5) is 4.39 Å². The van der Waals surface area contributed by atoms with Gasteiger partial charge in [0.25, 0.3) is 5.91 Å². The van der Waals surface area contributed by atoms with Crippen molar-refractivity contribution in [1.82, 2.24) is 14.5 Å². The maximum atomic E-state index is 13.9. The Labute approximate surface area is 194 Å². The number of likely N-dealkylation sites (tertiary alicyclic amines) is 1. The number of halogens is 1. The number of methoxy groups -OCH3 is 1. The summed E-state index contributed by atoms with van der Waals surface area (Å²) in [6.07, 6.45) is 3.28. The molecule has 9 heteroatoms. The number of amides is 1. The zero-order valence-electron chi connectivity index (χ0n) is 18.8. The summed E-state index contributed by atoms with van der Waals surface area (Å²) in [6, 6.07) is 11.3. The SMILES string of the molecule is COc1ccc(CN2CCC(NC(=O)c3cccc(S(=O)(=O)N4CCCC4)c3)CC2)cc1F. The molecule has 7 nitrogen and oxygen atoms in total. The lowest BCUT2D eigenvalue weighted by Gasteiger charge is -2.32. The summed E-state index contributed by atoms with van der Waals surface area (Å²) in [7, 11) is -2.12. The number of rotatable bonds is 7. The first kappa shape index (κ1) is 23.7. The lowest BCUT2D eigenvalue weighted by atomic mass is 10.0. The molecule has 0 radical (unpaired) electrons. The predicted octanol–water partition coefficient (Wildman–Crippen LogP) is 3.01. The number of nitrogens with one attached hydrogen (secondary N) is 1. The molecule has 1 N–H and O–H groups in total. The van der Waals surface area contributed by atoms with E-state index in [0.29, 0.717) is 25.2 Å². The van der Waals surface area contributed by atoms with Gasteiger partial charge in [0.05, 0.1) is 12.0 Å². The summed E-state index contributed by atoms with van der Waals surface area (Å²) in [5.41, 5.74) is 1.23. The van der Waals surface area contributed by atoms with Crippen molar-refractivity contribution in [3.8, 4) is 5.75 Å². The minimum atomic E-state index is -3.56. The Morgan fingerprint density at radius 2 is 1.82 bits per heavy atom. The minimum absolute atomic E-state index is 0.0141. The Hall–Kier alpha value is -2.49. The van der Waals surface area contributed by atoms with Crippen LogP contribution in [0.15, 0.2) is 47.4 Å². The van der Waals surface area contributed by atoms with Crippen molar-refractivity contribution >= 4 is 15.9 Å². The van der Waals surface area contributed by atoms with E-state index in [0.717, 1.165) is 44.3 Å². The first-order valence-corrected chi connectivity index (χ1v) is 12.8. The van der Waals surface area contributed by atoms with Crippen molar-refractivity contribution < 1.29 is 22.3 Å². The topological polar surface area (TPSA) is 79.0 Å². The van der Waals surface area contributed by atoms with E-state index in [2.05, 4.69) is 10.2 Å². The maximum Gasteiger partial charge on any atom is 0.251 e. The molecular formula is C24H30FN3O4S. The van der Waals surface area contributed by atoms with Crippen LogP contribution in [-0.4, -0.2) is 62.9 Å². The molecule has 0 spiro atoms. The average Bonchev–Trinajstić information content (AvgIpc) is 3.37. The molecular weight excluding hydrogens is 445 g/mol. The van der Waals surface area contributed by atoms with E-state index >= 15 is 0 Å². The lowest BCUT2D eigenvalue weighted by Crippen LogP contribution is -2.44. The molecule has 2 saturated heterocycles. The second-order valence-electron chi connectivity index (χ2n) is 8.63. The zero-order chi connectivity index (χ0) is 23.4. The lowest BCUT2D eigenvalue weighted by molar-refractivity contribution is 0.0908. The van der Waals surface area contributed by atoms with E-state index < -0.39 is 10.0 Å². The molecule has 2 aromatic rings. The number of sulfonamides is 1. The summed E-state index contributed by atoms with van der Waals surface area (Å²) in [4.78, 5) is 15.2. The number of benzene rings is 2. The molecule has 2 aromatic carbocycles. The molecule has 0 bridgehead atoms. The number of carbonyl (C=O) groups excluding carboxylic acids is 1. The van der Waals surface area contributed by atoms with Gasteiger partial charge in [0.1, 0.15) is 0 Å². The second-order valence-corrected chi connectivity index (χ2v) is 10.6. The van der Waals surface area contributed by atoms with Gasteiger partial charge in [-0.15, -0.1) is 0 Å². The first-order valence-electron chi connectivity index (χ1n) is 11.3. The summed E-state index contributed by atoms with van der Waals surface area (Å²) in [6.45, 7) is 3.25. The first-order chi connectivity index (χ1) is 15.9. The van der Waals surface area contributed by atoms with Crippen LogP contribution in [-0.2, 0) is 16.6 Å². The van der Waals surface area contributed by atoms with E-state index in [1.54, 1.807) is 24.3 Å². The van der Waals surface area contributed by atoms with Crippen LogP contribution in [0.1, 0.15) is 41.6 Å². The summed E-state index contributed by atoms with van der Waals surface area (Å²) in [5.74, 6) is -0.396. The van der Waals surface area contributed by atoms with Crippen molar-refractivity contribution in [1.29, 1.82) is 0 Å². The van der Waals surface area contributed by atoms with Crippen LogP contribution in [0.25, 0.3) is 0 Å². The summed E-state index contributed by atoms with van der Waals surface area (Å²) >= 11 is 0. The van der Waals surface area contributed by atoms with Crippen molar-refractivity contribution in [2.45, 2.75) is 43.2 Å². The molecule has 2 heterocycles. The van der Waals surface area contributed by atoms with Gasteiger partial charge in [0.15, 0.2) is 11.6 Å². The fraction of sp³-hybridized carbons (Fsp3) is 0.458. The van der Waals surface area contributed by atoms with Gasteiger partial charge in [-0.3, -0.25) is 9.69 Å². The zero-order valence-corrected chi connectivity index (χ0v) is 19.6. The van der Waals surface area contributed by atoms with Crippen LogP contribution in [0.2, 0.25) is 0 Å². The highest BCUT2D eigenvalue weighted by Gasteiger charge is 2.28. The third-order valence-electron chi connectivity index (χ3n) is 6.34. The molecule has 2 aliphatic rings. The third kappa shape index (κ3) is 5.54. The Kier molecular flexibility index (Phi) is 7.31. The molecule has 2 aliphatic heterocycles. The van der Waals surface area contributed by atoms with E-state index in [1.807, 2.05) is 6.07 Å². The van der Waals surface area contributed by atoms with E-state index in [9.17, 15) is 17.6 Å². The summed E-state index contributed by atoms with van der Waals surface area (Å²) in [5, 5.41) is 3.04. The fourth-order valence-corrected chi connectivity index (χ4v) is 6.01. The van der Waals surface area contributed by atoms with Gasteiger partial charge < -0.3 is 10.1 Å². The molecule has 0 aliphatic carbocycles. The minimum Gasteiger partial charge on any atom is -0.494 e. The number of hydrogen-bond acceptors (Lipinski definition) is 5. The molecule has 0 aromatic heterocycles.